The third kappa shape index (κ3) is 3.53. The van der Waals surface area contributed by atoms with Crippen molar-refractivity contribution in [3.05, 3.63) is 29.8 Å². The second kappa shape index (κ2) is 6.47. The van der Waals surface area contributed by atoms with Gasteiger partial charge in [0.25, 0.3) is 0 Å². The zero-order valence-electron chi connectivity index (χ0n) is 10.9. The van der Waals surface area contributed by atoms with Crippen molar-refractivity contribution in [1.29, 1.82) is 0 Å². The molecule has 0 atom stereocenters. The van der Waals surface area contributed by atoms with E-state index in [1.54, 1.807) is 0 Å². The number of aromatic nitrogens is 3. The molecular formula is C12H12F2N4OS. The average molecular weight is 298 g/mol. The highest BCUT2D eigenvalue weighted by molar-refractivity contribution is 7.99. The molecule has 5 nitrogen and oxygen atoms in total. The van der Waals surface area contributed by atoms with Crippen LogP contribution in [0, 0.1) is 11.6 Å². The molecule has 0 aliphatic carbocycles. The molecule has 1 aromatic heterocycles. The number of methoxy groups -OCH3 is 1. The fourth-order valence-corrected chi connectivity index (χ4v) is 2.16. The largest absolute Gasteiger partial charge is 0.467 e. The van der Waals surface area contributed by atoms with Crippen LogP contribution in [-0.4, -0.2) is 28.6 Å². The first-order valence-electron chi connectivity index (χ1n) is 5.79. The smallest absolute Gasteiger partial charge is 0.321 e. The van der Waals surface area contributed by atoms with Crippen LogP contribution in [0.3, 0.4) is 0 Å². The van der Waals surface area contributed by atoms with Crippen molar-refractivity contribution in [3.63, 3.8) is 0 Å². The Morgan fingerprint density at radius 3 is 2.75 bits per heavy atom. The Morgan fingerprint density at radius 1 is 1.25 bits per heavy atom. The number of halogens is 2. The van der Waals surface area contributed by atoms with Crippen molar-refractivity contribution in [3.8, 4) is 6.01 Å². The van der Waals surface area contributed by atoms with Crippen LogP contribution in [0.5, 0.6) is 6.01 Å². The Hall–Kier alpha value is -1.96. The van der Waals surface area contributed by atoms with E-state index in [-0.39, 0.29) is 16.1 Å². The van der Waals surface area contributed by atoms with Gasteiger partial charge < -0.3 is 10.1 Å². The van der Waals surface area contributed by atoms with E-state index in [4.69, 9.17) is 4.74 Å². The lowest BCUT2D eigenvalue weighted by Crippen LogP contribution is -2.06. The van der Waals surface area contributed by atoms with E-state index in [0.717, 1.165) is 30.0 Å². The third-order valence-corrected chi connectivity index (χ3v) is 3.10. The van der Waals surface area contributed by atoms with Crippen molar-refractivity contribution in [2.45, 2.75) is 17.0 Å². The van der Waals surface area contributed by atoms with E-state index >= 15 is 0 Å². The Labute approximate surface area is 118 Å². The molecule has 0 fully saturated rings. The average Bonchev–Trinajstić information content (AvgIpc) is 2.43. The number of nitrogens with zero attached hydrogens (tertiary/aromatic N) is 3. The fourth-order valence-electron chi connectivity index (χ4n) is 1.37. The predicted molar refractivity (Wildman–Crippen MR) is 71.0 cm³/mol. The molecule has 106 valence electrons. The monoisotopic (exact) mass is 298 g/mol. The minimum atomic E-state index is -0.541. The van der Waals surface area contributed by atoms with Crippen LogP contribution in [0.2, 0.25) is 0 Å². The Morgan fingerprint density at radius 2 is 2.05 bits per heavy atom. The summed E-state index contributed by atoms with van der Waals surface area (Å²) in [5.74, 6) is -0.749. The van der Waals surface area contributed by atoms with E-state index in [2.05, 4.69) is 20.3 Å². The number of benzene rings is 1. The zero-order valence-corrected chi connectivity index (χ0v) is 11.7. The maximum Gasteiger partial charge on any atom is 0.321 e. The molecule has 2 rings (SSSR count). The summed E-state index contributed by atoms with van der Waals surface area (Å²) in [6, 6.07) is 3.30. The van der Waals surface area contributed by atoms with Gasteiger partial charge in [0, 0.05) is 6.54 Å². The molecule has 2 aromatic rings. The number of anilines is 1. The second-order valence-electron chi connectivity index (χ2n) is 3.64. The standard InChI is InChI=1S/C12H12F2N4OS/c1-3-15-10-16-11(19-2)18-12(17-10)20-9-6-7(13)4-5-8(9)14/h4-6H,3H2,1-2H3,(H,15,16,17,18). The first kappa shape index (κ1) is 14.4. The van der Waals surface area contributed by atoms with Gasteiger partial charge in [0.15, 0.2) is 0 Å². The summed E-state index contributed by atoms with van der Waals surface area (Å²) in [5, 5.41) is 3.13. The molecular weight excluding hydrogens is 286 g/mol. The van der Waals surface area contributed by atoms with Gasteiger partial charge in [-0.25, -0.2) is 8.78 Å². The highest BCUT2D eigenvalue weighted by atomic mass is 32.2. The maximum atomic E-state index is 13.6. The molecule has 1 heterocycles. The van der Waals surface area contributed by atoms with E-state index in [1.165, 1.54) is 7.11 Å². The van der Waals surface area contributed by atoms with Crippen LogP contribution in [0.15, 0.2) is 28.3 Å². The van der Waals surface area contributed by atoms with Gasteiger partial charge in [-0.3, -0.25) is 0 Å². The molecule has 0 saturated carbocycles. The van der Waals surface area contributed by atoms with Gasteiger partial charge in [-0.05, 0) is 36.9 Å². The second-order valence-corrected chi connectivity index (χ2v) is 4.64. The lowest BCUT2D eigenvalue weighted by molar-refractivity contribution is 0.373. The van der Waals surface area contributed by atoms with Crippen LogP contribution in [0.1, 0.15) is 6.92 Å². The van der Waals surface area contributed by atoms with Gasteiger partial charge in [0.1, 0.15) is 11.6 Å². The lowest BCUT2D eigenvalue weighted by Gasteiger charge is -2.07. The van der Waals surface area contributed by atoms with Crippen LogP contribution in [-0.2, 0) is 0 Å². The molecule has 0 spiro atoms. The van der Waals surface area contributed by atoms with Crippen LogP contribution in [0.25, 0.3) is 0 Å². The summed E-state index contributed by atoms with van der Waals surface area (Å²) in [4.78, 5) is 12.2. The maximum absolute atomic E-state index is 13.6. The van der Waals surface area contributed by atoms with Crippen molar-refractivity contribution in [2.75, 3.05) is 19.0 Å². The first-order chi connectivity index (χ1) is 9.62. The fraction of sp³-hybridized carbons (Fsp3) is 0.250. The molecule has 0 amide bonds. The van der Waals surface area contributed by atoms with Crippen LogP contribution < -0.4 is 10.1 Å². The van der Waals surface area contributed by atoms with E-state index in [1.807, 2.05) is 6.92 Å². The Bertz CT molecular complexity index is 612. The first-order valence-corrected chi connectivity index (χ1v) is 6.61. The number of nitrogens with one attached hydrogen (secondary N) is 1. The SMILES string of the molecule is CCNc1nc(OC)nc(Sc2cc(F)ccc2F)n1. The topological polar surface area (TPSA) is 59.9 Å². The molecule has 0 aliphatic heterocycles. The van der Waals surface area contributed by atoms with Crippen molar-refractivity contribution in [2.24, 2.45) is 0 Å². The number of hydrogen-bond acceptors (Lipinski definition) is 6. The molecule has 20 heavy (non-hydrogen) atoms. The summed E-state index contributed by atoms with van der Waals surface area (Å²) >= 11 is 0.901. The molecule has 1 aromatic carbocycles. The zero-order chi connectivity index (χ0) is 14.5. The van der Waals surface area contributed by atoms with Crippen molar-refractivity contribution >= 4 is 17.7 Å². The number of ether oxygens (including phenoxy) is 1. The van der Waals surface area contributed by atoms with E-state index in [9.17, 15) is 8.78 Å². The van der Waals surface area contributed by atoms with Crippen molar-refractivity contribution < 1.29 is 13.5 Å². The molecule has 8 heteroatoms. The minimum Gasteiger partial charge on any atom is -0.467 e. The summed E-state index contributed by atoms with van der Waals surface area (Å²) in [6.45, 7) is 2.50. The van der Waals surface area contributed by atoms with Gasteiger partial charge in [-0.15, -0.1) is 0 Å². The van der Waals surface area contributed by atoms with E-state index < -0.39 is 11.6 Å². The van der Waals surface area contributed by atoms with Gasteiger partial charge in [-0.2, -0.15) is 15.0 Å². The predicted octanol–water partition coefficient (Wildman–Crippen LogP) is 2.74. The van der Waals surface area contributed by atoms with Crippen LogP contribution in [0.4, 0.5) is 14.7 Å². The molecule has 0 radical (unpaired) electrons. The Kier molecular flexibility index (Phi) is 4.67. The summed E-state index contributed by atoms with van der Waals surface area (Å²) in [7, 11) is 1.42. The van der Waals surface area contributed by atoms with Crippen molar-refractivity contribution in [1.82, 2.24) is 15.0 Å². The van der Waals surface area contributed by atoms with E-state index in [0.29, 0.717) is 12.5 Å². The van der Waals surface area contributed by atoms with Gasteiger partial charge in [0.05, 0.1) is 12.0 Å². The van der Waals surface area contributed by atoms with Gasteiger partial charge in [-0.1, -0.05) is 0 Å². The normalized spacial score (nSPS) is 10.4. The lowest BCUT2D eigenvalue weighted by atomic mass is 10.3. The summed E-state index contributed by atoms with van der Waals surface area (Å²) < 4.78 is 31.7. The van der Waals surface area contributed by atoms with Gasteiger partial charge in [0.2, 0.25) is 11.1 Å². The molecule has 0 aliphatic rings. The highest BCUT2D eigenvalue weighted by Gasteiger charge is 2.11. The third-order valence-electron chi connectivity index (χ3n) is 2.21. The highest BCUT2D eigenvalue weighted by Crippen LogP contribution is 2.29. The summed E-state index contributed by atoms with van der Waals surface area (Å²) in [6.07, 6.45) is 0. The number of hydrogen-bond donors (Lipinski definition) is 1. The molecule has 0 saturated heterocycles. The molecule has 0 bridgehead atoms. The molecule has 1 N–H and O–H groups in total. The minimum absolute atomic E-state index is 0.0979. The molecule has 0 unspecified atom stereocenters. The summed E-state index contributed by atoms with van der Waals surface area (Å²) in [5.41, 5.74) is 0. The number of rotatable bonds is 5. The van der Waals surface area contributed by atoms with Gasteiger partial charge >= 0.3 is 6.01 Å². The Balaban J connectivity index is 2.32. The quantitative estimate of drug-likeness (QED) is 0.916. The van der Waals surface area contributed by atoms with Crippen LogP contribution >= 0.6 is 11.8 Å².